The van der Waals surface area contributed by atoms with Crippen LogP contribution in [0, 0.1) is 0 Å². The van der Waals surface area contributed by atoms with Crippen LogP contribution >= 0.6 is 0 Å². The van der Waals surface area contributed by atoms with Crippen LogP contribution < -0.4 is 15.8 Å². The summed E-state index contributed by atoms with van der Waals surface area (Å²) in [6.07, 6.45) is 3.66. The van der Waals surface area contributed by atoms with E-state index in [0.29, 0.717) is 6.10 Å². The molecule has 3 rings (SSSR count). The van der Waals surface area contributed by atoms with Crippen molar-refractivity contribution in [3.05, 3.63) is 29.3 Å². The lowest BCUT2D eigenvalue weighted by molar-refractivity contribution is 0.110. The molecule has 4 nitrogen and oxygen atoms in total. The molecule has 0 aromatic heterocycles. The van der Waals surface area contributed by atoms with Crippen molar-refractivity contribution < 1.29 is 9.47 Å². The maximum atomic E-state index is 6.07. The standard InChI is InChI=1S/C15H22N2O2/c16-14-5-7-19-15-8-11(3-4-13(14)15)9-17-10-12-2-1-6-18-12/h3-4,8,12,14,17H,1-2,5-7,9-10,16H2. The molecule has 1 saturated heterocycles. The van der Waals surface area contributed by atoms with Crippen LogP contribution in [0.15, 0.2) is 18.2 Å². The van der Waals surface area contributed by atoms with E-state index in [1.165, 1.54) is 18.4 Å². The third kappa shape index (κ3) is 3.08. The number of fused-ring (bicyclic) bond motifs is 1. The van der Waals surface area contributed by atoms with Crippen molar-refractivity contribution >= 4 is 0 Å². The number of hydrogen-bond acceptors (Lipinski definition) is 4. The van der Waals surface area contributed by atoms with Crippen molar-refractivity contribution in [2.24, 2.45) is 5.73 Å². The average molecular weight is 262 g/mol. The summed E-state index contributed by atoms with van der Waals surface area (Å²) in [5.74, 6) is 0.954. The first-order valence-electron chi connectivity index (χ1n) is 7.16. The van der Waals surface area contributed by atoms with Crippen LogP contribution in [0.1, 0.15) is 36.4 Å². The lowest BCUT2D eigenvalue weighted by atomic mass is 9.99. The summed E-state index contributed by atoms with van der Waals surface area (Å²) < 4.78 is 11.3. The van der Waals surface area contributed by atoms with E-state index in [2.05, 4.69) is 23.5 Å². The molecule has 2 unspecified atom stereocenters. The summed E-state index contributed by atoms with van der Waals surface area (Å²) in [6, 6.07) is 6.47. The van der Waals surface area contributed by atoms with Gasteiger partial charge in [-0.3, -0.25) is 0 Å². The number of nitrogens with two attached hydrogens (primary N) is 1. The maximum Gasteiger partial charge on any atom is 0.124 e. The molecule has 104 valence electrons. The first-order valence-corrected chi connectivity index (χ1v) is 7.16. The largest absolute Gasteiger partial charge is 0.493 e. The molecule has 2 aliphatic heterocycles. The van der Waals surface area contributed by atoms with Crippen LogP contribution in [0.25, 0.3) is 0 Å². The van der Waals surface area contributed by atoms with Crippen LogP contribution in [-0.2, 0) is 11.3 Å². The van der Waals surface area contributed by atoms with E-state index in [9.17, 15) is 0 Å². The Bertz CT molecular complexity index is 430. The summed E-state index contributed by atoms with van der Waals surface area (Å²) in [6.45, 7) is 3.42. The zero-order valence-electron chi connectivity index (χ0n) is 11.2. The lowest BCUT2D eigenvalue weighted by Crippen LogP contribution is -2.26. The molecule has 4 heteroatoms. The van der Waals surface area contributed by atoms with Gasteiger partial charge in [-0.1, -0.05) is 12.1 Å². The zero-order chi connectivity index (χ0) is 13.1. The van der Waals surface area contributed by atoms with Crippen LogP contribution in [0.5, 0.6) is 5.75 Å². The predicted octanol–water partition coefficient (Wildman–Crippen LogP) is 1.74. The minimum atomic E-state index is 0.123. The van der Waals surface area contributed by atoms with E-state index in [0.717, 1.165) is 44.0 Å². The molecule has 19 heavy (non-hydrogen) atoms. The highest BCUT2D eigenvalue weighted by Crippen LogP contribution is 2.31. The second kappa shape index (κ2) is 5.90. The molecule has 2 atom stereocenters. The van der Waals surface area contributed by atoms with Gasteiger partial charge in [0, 0.05) is 37.7 Å². The van der Waals surface area contributed by atoms with Gasteiger partial charge in [0.25, 0.3) is 0 Å². The van der Waals surface area contributed by atoms with Crippen LogP contribution in [0.3, 0.4) is 0 Å². The number of ether oxygens (including phenoxy) is 2. The van der Waals surface area contributed by atoms with Gasteiger partial charge in [-0.05, 0) is 24.5 Å². The minimum absolute atomic E-state index is 0.123. The van der Waals surface area contributed by atoms with Gasteiger partial charge in [0.1, 0.15) is 5.75 Å². The van der Waals surface area contributed by atoms with Crippen molar-refractivity contribution in [3.63, 3.8) is 0 Å². The SMILES string of the molecule is NC1CCOc2cc(CNCC3CCCO3)ccc21. The van der Waals surface area contributed by atoms with Gasteiger partial charge in [-0.15, -0.1) is 0 Å². The highest BCUT2D eigenvalue weighted by atomic mass is 16.5. The zero-order valence-corrected chi connectivity index (χ0v) is 11.2. The van der Waals surface area contributed by atoms with Crippen molar-refractivity contribution in [3.8, 4) is 5.75 Å². The quantitative estimate of drug-likeness (QED) is 0.868. The molecule has 2 heterocycles. The first-order chi connectivity index (χ1) is 9.33. The predicted molar refractivity (Wildman–Crippen MR) is 74.2 cm³/mol. The summed E-state index contributed by atoms with van der Waals surface area (Å²) in [7, 11) is 0. The second-order valence-corrected chi connectivity index (χ2v) is 5.38. The lowest BCUT2D eigenvalue weighted by Gasteiger charge is -2.23. The van der Waals surface area contributed by atoms with Gasteiger partial charge >= 0.3 is 0 Å². The summed E-state index contributed by atoms with van der Waals surface area (Å²) in [5.41, 5.74) is 8.44. The van der Waals surface area contributed by atoms with Gasteiger partial charge in [0.2, 0.25) is 0 Å². The van der Waals surface area contributed by atoms with Gasteiger partial charge in [0.15, 0.2) is 0 Å². The molecular weight excluding hydrogens is 240 g/mol. The average Bonchev–Trinajstić information content (AvgIpc) is 2.92. The van der Waals surface area contributed by atoms with E-state index in [1.54, 1.807) is 0 Å². The Balaban J connectivity index is 1.56. The molecule has 3 N–H and O–H groups in total. The van der Waals surface area contributed by atoms with Crippen molar-refractivity contribution in [2.45, 2.75) is 38.0 Å². The van der Waals surface area contributed by atoms with E-state index in [4.69, 9.17) is 15.2 Å². The smallest absolute Gasteiger partial charge is 0.124 e. The molecule has 0 radical (unpaired) electrons. The molecule has 1 aromatic carbocycles. The van der Waals surface area contributed by atoms with Crippen molar-refractivity contribution in [1.82, 2.24) is 5.32 Å². The van der Waals surface area contributed by atoms with Gasteiger partial charge in [0.05, 0.1) is 12.7 Å². The Morgan fingerprint density at radius 2 is 2.21 bits per heavy atom. The fourth-order valence-electron chi connectivity index (χ4n) is 2.75. The molecule has 0 saturated carbocycles. The number of rotatable bonds is 4. The van der Waals surface area contributed by atoms with E-state index >= 15 is 0 Å². The maximum absolute atomic E-state index is 6.07. The monoisotopic (exact) mass is 262 g/mol. The molecule has 2 aliphatic rings. The van der Waals surface area contributed by atoms with Crippen molar-refractivity contribution in [1.29, 1.82) is 0 Å². The fourth-order valence-corrected chi connectivity index (χ4v) is 2.75. The Kier molecular flexibility index (Phi) is 4.01. The van der Waals surface area contributed by atoms with E-state index in [-0.39, 0.29) is 6.04 Å². The number of nitrogens with one attached hydrogen (secondary N) is 1. The highest BCUT2D eigenvalue weighted by molar-refractivity contribution is 5.40. The van der Waals surface area contributed by atoms with Crippen molar-refractivity contribution in [2.75, 3.05) is 19.8 Å². The molecule has 1 aromatic rings. The Hall–Kier alpha value is -1.10. The van der Waals surface area contributed by atoms with Crippen LogP contribution in [0.4, 0.5) is 0 Å². The van der Waals surface area contributed by atoms with Gasteiger partial charge in [-0.2, -0.15) is 0 Å². The molecule has 0 amide bonds. The normalized spacial score (nSPS) is 25.9. The van der Waals surface area contributed by atoms with E-state index in [1.807, 2.05) is 0 Å². The van der Waals surface area contributed by atoms with Crippen LogP contribution in [-0.4, -0.2) is 25.9 Å². The van der Waals surface area contributed by atoms with Crippen LogP contribution in [0.2, 0.25) is 0 Å². The summed E-state index contributed by atoms with van der Waals surface area (Å²) in [4.78, 5) is 0. The summed E-state index contributed by atoms with van der Waals surface area (Å²) >= 11 is 0. The Labute approximate surface area is 114 Å². The molecule has 0 bridgehead atoms. The number of hydrogen-bond donors (Lipinski definition) is 2. The minimum Gasteiger partial charge on any atom is -0.493 e. The molecule has 0 aliphatic carbocycles. The van der Waals surface area contributed by atoms with Gasteiger partial charge in [-0.25, -0.2) is 0 Å². The topological polar surface area (TPSA) is 56.5 Å². The number of benzene rings is 1. The third-order valence-electron chi connectivity index (χ3n) is 3.89. The highest BCUT2D eigenvalue weighted by Gasteiger charge is 2.18. The van der Waals surface area contributed by atoms with E-state index < -0.39 is 0 Å². The first kappa shape index (κ1) is 12.9. The second-order valence-electron chi connectivity index (χ2n) is 5.38. The Morgan fingerprint density at radius 1 is 1.26 bits per heavy atom. The van der Waals surface area contributed by atoms with Gasteiger partial charge < -0.3 is 20.5 Å². The fraction of sp³-hybridized carbons (Fsp3) is 0.600. The molecular formula is C15H22N2O2. The third-order valence-corrected chi connectivity index (χ3v) is 3.89. The summed E-state index contributed by atoms with van der Waals surface area (Å²) in [5, 5.41) is 3.45. The molecule has 1 fully saturated rings. The Morgan fingerprint density at radius 3 is 3.05 bits per heavy atom. The molecule has 0 spiro atoms.